The molecule has 1 aliphatic heterocycles. The second-order valence-corrected chi connectivity index (χ2v) is 9.13. The number of rotatable bonds is 6. The molecule has 2 N–H and O–H groups in total. The van der Waals surface area contributed by atoms with Crippen LogP contribution >= 0.6 is 0 Å². The number of anilines is 3. The van der Waals surface area contributed by atoms with Gasteiger partial charge in [0.15, 0.2) is 0 Å². The van der Waals surface area contributed by atoms with Crippen LogP contribution in [0.3, 0.4) is 0 Å². The van der Waals surface area contributed by atoms with Gasteiger partial charge in [-0.15, -0.1) is 0 Å². The number of likely N-dealkylation sites (N-methyl/N-ethyl adjacent to an activating group) is 1. The molecular weight excluding hydrogens is 471 g/mol. The molecule has 0 atom stereocenters. The molecule has 5 rings (SSSR count). The number of aromatic hydroxyl groups is 1. The van der Waals surface area contributed by atoms with Crippen molar-refractivity contribution in [3.8, 4) is 28.3 Å². The third-order valence-corrected chi connectivity index (χ3v) is 6.30. The van der Waals surface area contributed by atoms with Gasteiger partial charge >= 0.3 is 0 Å². The second kappa shape index (κ2) is 10.4. The lowest BCUT2D eigenvalue weighted by molar-refractivity contribution is 0.311. The third-order valence-electron chi connectivity index (χ3n) is 6.30. The van der Waals surface area contributed by atoms with Crippen molar-refractivity contribution in [1.29, 1.82) is 0 Å². The number of piperazine rings is 1. The molecule has 0 bridgehead atoms. The molecular formula is C27H29FN8O. The Morgan fingerprint density at radius 1 is 0.865 bits per heavy atom. The van der Waals surface area contributed by atoms with E-state index in [1.807, 2.05) is 38.1 Å². The first-order valence-electron chi connectivity index (χ1n) is 12.3. The fraction of sp³-hybridized carbons (Fsp3) is 0.296. The van der Waals surface area contributed by atoms with Gasteiger partial charge in [0.05, 0.1) is 11.4 Å². The lowest BCUT2D eigenvalue weighted by atomic mass is 10.1. The molecule has 1 aliphatic rings. The highest BCUT2D eigenvalue weighted by Crippen LogP contribution is 2.32. The van der Waals surface area contributed by atoms with Crippen LogP contribution in [-0.2, 0) is 6.42 Å². The van der Waals surface area contributed by atoms with Gasteiger partial charge in [0, 0.05) is 43.7 Å². The van der Waals surface area contributed by atoms with Gasteiger partial charge in [0.2, 0.25) is 17.8 Å². The summed E-state index contributed by atoms with van der Waals surface area (Å²) in [5, 5.41) is 13.6. The van der Waals surface area contributed by atoms with E-state index in [-0.39, 0.29) is 17.3 Å². The number of benzene rings is 2. The quantitative estimate of drug-likeness (QED) is 0.403. The molecule has 0 saturated carbocycles. The maximum atomic E-state index is 14.1. The van der Waals surface area contributed by atoms with E-state index in [0.717, 1.165) is 37.3 Å². The summed E-state index contributed by atoms with van der Waals surface area (Å²) in [5.74, 6) is 1.28. The minimum atomic E-state index is -0.473. The minimum Gasteiger partial charge on any atom is -0.507 e. The Hall–Kier alpha value is -4.18. The summed E-state index contributed by atoms with van der Waals surface area (Å²) in [5.41, 5.74) is 3.22. The van der Waals surface area contributed by atoms with Crippen molar-refractivity contribution in [2.24, 2.45) is 0 Å². The average molecular weight is 501 g/mol. The van der Waals surface area contributed by atoms with Gasteiger partial charge in [0.25, 0.3) is 0 Å². The Kier molecular flexibility index (Phi) is 6.91. The van der Waals surface area contributed by atoms with Crippen molar-refractivity contribution in [3.05, 3.63) is 65.7 Å². The van der Waals surface area contributed by atoms with E-state index in [1.54, 1.807) is 6.07 Å². The summed E-state index contributed by atoms with van der Waals surface area (Å²) in [7, 11) is 2.10. The lowest BCUT2D eigenvalue weighted by Gasteiger charge is -2.32. The number of aromatic nitrogens is 5. The molecule has 4 aromatic rings. The summed E-state index contributed by atoms with van der Waals surface area (Å²) in [6.07, 6.45) is 0.643. The second-order valence-electron chi connectivity index (χ2n) is 9.13. The predicted molar refractivity (Wildman–Crippen MR) is 141 cm³/mol. The molecule has 37 heavy (non-hydrogen) atoms. The van der Waals surface area contributed by atoms with Crippen LogP contribution in [0.2, 0.25) is 0 Å². The zero-order valence-corrected chi connectivity index (χ0v) is 21.1. The topological polar surface area (TPSA) is 103 Å². The molecule has 0 unspecified atom stereocenters. The van der Waals surface area contributed by atoms with Crippen molar-refractivity contribution in [3.63, 3.8) is 0 Å². The fourth-order valence-corrected chi connectivity index (χ4v) is 4.10. The molecule has 3 heterocycles. The maximum absolute atomic E-state index is 14.1. The minimum absolute atomic E-state index is 0.0771. The van der Waals surface area contributed by atoms with E-state index in [0.29, 0.717) is 35.5 Å². The summed E-state index contributed by atoms with van der Waals surface area (Å²) in [6.45, 7) is 7.51. The Bertz CT molecular complexity index is 1400. The van der Waals surface area contributed by atoms with E-state index in [4.69, 9.17) is 4.98 Å². The number of aryl methyl sites for hydroxylation is 2. The number of halogens is 1. The molecule has 0 radical (unpaired) electrons. The van der Waals surface area contributed by atoms with Gasteiger partial charge in [-0.3, -0.25) is 5.32 Å². The Morgan fingerprint density at radius 2 is 1.57 bits per heavy atom. The highest BCUT2D eigenvalue weighted by atomic mass is 19.1. The maximum Gasteiger partial charge on any atom is 0.234 e. The van der Waals surface area contributed by atoms with E-state index in [1.165, 1.54) is 18.2 Å². The van der Waals surface area contributed by atoms with Crippen molar-refractivity contribution in [2.75, 3.05) is 43.4 Å². The highest BCUT2D eigenvalue weighted by molar-refractivity contribution is 5.73. The number of hydrogen-bond acceptors (Lipinski definition) is 9. The molecule has 1 saturated heterocycles. The molecule has 0 aliphatic carbocycles. The van der Waals surface area contributed by atoms with Crippen LogP contribution < -0.4 is 10.2 Å². The zero-order valence-electron chi connectivity index (χ0n) is 21.1. The summed E-state index contributed by atoms with van der Waals surface area (Å²) in [4.78, 5) is 27.5. The van der Waals surface area contributed by atoms with Crippen LogP contribution in [0.4, 0.5) is 22.2 Å². The van der Waals surface area contributed by atoms with Crippen LogP contribution in [0.5, 0.6) is 5.75 Å². The van der Waals surface area contributed by atoms with Crippen LogP contribution in [0, 0.1) is 12.7 Å². The van der Waals surface area contributed by atoms with Crippen molar-refractivity contribution < 1.29 is 9.50 Å². The van der Waals surface area contributed by atoms with Crippen LogP contribution in [0.1, 0.15) is 18.3 Å². The van der Waals surface area contributed by atoms with E-state index < -0.39 is 5.82 Å². The summed E-state index contributed by atoms with van der Waals surface area (Å²) >= 11 is 0. The smallest absolute Gasteiger partial charge is 0.234 e. The third kappa shape index (κ3) is 5.64. The normalized spacial score (nSPS) is 14.1. The molecule has 10 heteroatoms. The Labute approximate surface area is 215 Å². The standard InChI is InChI=1S/C27H29FN8O/c1-4-24-31-26(34-27(32-24)36-13-11-35(3)12-14-36)33-25-29-21(18-7-5-17(2)6-8-18)16-22(30-25)20-15-19(28)9-10-23(20)37/h5-10,15-16,37H,4,11-14H2,1-3H3,(H,29,30,31,32,33,34). The van der Waals surface area contributed by atoms with Crippen LogP contribution in [0.25, 0.3) is 22.5 Å². The summed E-state index contributed by atoms with van der Waals surface area (Å²) < 4.78 is 14.1. The van der Waals surface area contributed by atoms with Gasteiger partial charge in [0.1, 0.15) is 17.4 Å². The largest absolute Gasteiger partial charge is 0.507 e. The van der Waals surface area contributed by atoms with Gasteiger partial charge in [-0.1, -0.05) is 36.8 Å². The first-order valence-corrected chi connectivity index (χ1v) is 12.3. The van der Waals surface area contributed by atoms with Crippen molar-refractivity contribution in [2.45, 2.75) is 20.3 Å². The molecule has 0 spiro atoms. The highest BCUT2D eigenvalue weighted by Gasteiger charge is 2.19. The van der Waals surface area contributed by atoms with Crippen LogP contribution in [-0.4, -0.2) is 68.2 Å². The predicted octanol–water partition coefficient (Wildman–Crippen LogP) is 4.21. The lowest BCUT2D eigenvalue weighted by Crippen LogP contribution is -2.45. The summed E-state index contributed by atoms with van der Waals surface area (Å²) in [6, 6.07) is 13.4. The number of phenolic OH excluding ortho intramolecular Hbond substituents is 1. The average Bonchev–Trinajstić information content (AvgIpc) is 2.90. The molecule has 2 aromatic carbocycles. The Balaban J connectivity index is 1.56. The first kappa shape index (κ1) is 24.5. The Morgan fingerprint density at radius 3 is 2.30 bits per heavy atom. The van der Waals surface area contributed by atoms with Crippen molar-refractivity contribution in [1.82, 2.24) is 29.8 Å². The van der Waals surface area contributed by atoms with E-state index in [9.17, 15) is 9.50 Å². The van der Waals surface area contributed by atoms with Crippen LogP contribution in [0.15, 0.2) is 48.5 Å². The monoisotopic (exact) mass is 500 g/mol. The van der Waals surface area contributed by atoms with Crippen molar-refractivity contribution >= 4 is 17.8 Å². The van der Waals surface area contributed by atoms with E-state index >= 15 is 0 Å². The number of hydrogen-bond donors (Lipinski definition) is 2. The number of nitrogens with zero attached hydrogens (tertiary/aromatic N) is 7. The molecule has 1 fully saturated rings. The van der Waals surface area contributed by atoms with Gasteiger partial charge in [-0.25, -0.2) is 14.4 Å². The molecule has 2 aromatic heterocycles. The fourth-order valence-electron chi connectivity index (χ4n) is 4.10. The molecule has 190 valence electrons. The first-order chi connectivity index (χ1) is 17.9. The number of nitrogens with one attached hydrogen (secondary N) is 1. The SMILES string of the molecule is CCc1nc(Nc2nc(-c3ccc(C)cc3)cc(-c3cc(F)ccc3O)n2)nc(N2CCN(C)CC2)n1. The van der Waals surface area contributed by atoms with E-state index in [2.05, 4.69) is 42.1 Å². The number of phenols is 1. The van der Waals surface area contributed by atoms with Gasteiger partial charge in [-0.05, 0) is 38.2 Å². The van der Waals surface area contributed by atoms with Gasteiger partial charge in [-0.2, -0.15) is 15.0 Å². The van der Waals surface area contributed by atoms with Gasteiger partial charge < -0.3 is 14.9 Å². The molecule has 9 nitrogen and oxygen atoms in total. The molecule has 0 amide bonds. The zero-order chi connectivity index (χ0) is 25.9.